The molecule has 24 atom stereocenters. The number of aromatic nitrogens is 4. The Kier molecular flexibility index (Phi) is 23.0. The minimum atomic E-state index is 0.00756. The third-order valence-electron chi connectivity index (χ3n) is 37.0. The zero-order valence-corrected chi connectivity index (χ0v) is 73.2. The predicted octanol–water partition coefficient (Wildman–Crippen LogP) is 21.9. The first-order chi connectivity index (χ1) is 56.8. The van der Waals surface area contributed by atoms with Crippen LogP contribution in [0, 0.1) is 138 Å². The van der Waals surface area contributed by atoms with E-state index in [-0.39, 0.29) is 67.2 Å². The van der Waals surface area contributed by atoms with Gasteiger partial charge >= 0.3 is 23.9 Å². The van der Waals surface area contributed by atoms with Gasteiger partial charge in [-0.2, -0.15) is 0 Å². The molecule has 636 valence electrons. The first-order valence-corrected chi connectivity index (χ1v) is 46.4. The number of hydrogen-bond donors (Lipinski definition) is 0. The SMILES string of the molecule is CCOc1cncc(C2=CC[C@H]3[C@@H]4CC[C@H]5CC(=O)OCC[C@]5(C)[C@H]4CC[C@]23C)c1.CCOc1cncc(C2=CC[C@H]3[C@@H]4CC[C@H]5COC(=O)CC[C@]5(C)[C@H]4CC[C@]23C)c1.COc1cncc(C2=CC[C@H]3[C@@H]4CC[C@H]5CC(=O)OCC[C@]5(C)[C@H]4CC[C@]23C)c1.COc1cncc(C2=CC[C@H]3[C@@H]4CC[C@H]5COC(=O)CC[C@]5(C)[C@H]4CC[C@]23C)c1. The normalized spacial score (nSPS) is 40.8. The summed E-state index contributed by atoms with van der Waals surface area (Å²) < 4.78 is 44.4. The van der Waals surface area contributed by atoms with Gasteiger partial charge in [0.05, 0.1) is 78.6 Å². The Balaban J connectivity index is 0.000000113. The van der Waals surface area contributed by atoms with Crippen LogP contribution in [0.5, 0.6) is 23.0 Å². The molecule has 8 heterocycles. The quantitative estimate of drug-likeness (QED) is 0.107. The lowest BCUT2D eigenvalue weighted by Crippen LogP contribution is -2.51. The van der Waals surface area contributed by atoms with E-state index in [4.69, 9.17) is 37.9 Å². The summed E-state index contributed by atoms with van der Waals surface area (Å²) in [6.07, 6.45) is 56.1. The maximum absolute atomic E-state index is 12.1. The maximum Gasteiger partial charge on any atom is 0.306 e. The van der Waals surface area contributed by atoms with Crippen molar-refractivity contribution in [1.82, 2.24) is 19.9 Å². The van der Waals surface area contributed by atoms with Crippen molar-refractivity contribution in [2.24, 2.45) is 138 Å². The van der Waals surface area contributed by atoms with Gasteiger partial charge in [-0.25, -0.2) is 0 Å². The van der Waals surface area contributed by atoms with Crippen molar-refractivity contribution in [3.05, 3.63) is 120 Å². The molecule has 0 amide bonds. The fraction of sp³-hybridized carbons (Fsp3) is 0.686. The second kappa shape index (κ2) is 32.8. The van der Waals surface area contributed by atoms with Crippen LogP contribution in [-0.2, 0) is 38.1 Å². The smallest absolute Gasteiger partial charge is 0.306 e. The summed E-state index contributed by atoms with van der Waals surface area (Å²) in [6, 6.07) is 8.64. The molecule has 0 aromatic carbocycles. The van der Waals surface area contributed by atoms with Crippen LogP contribution in [0.2, 0.25) is 0 Å². The Morgan fingerprint density at radius 3 is 0.924 bits per heavy atom. The highest BCUT2D eigenvalue weighted by molar-refractivity contribution is 5.77. The summed E-state index contributed by atoms with van der Waals surface area (Å²) in [6.45, 7) is 27.7. The Hall–Kier alpha value is -7.36. The molecule has 8 saturated carbocycles. The summed E-state index contributed by atoms with van der Waals surface area (Å²) in [7, 11) is 3.42. The van der Waals surface area contributed by atoms with Gasteiger partial charge in [0.2, 0.25) is 0 Å². The van der Waals surface area contributed by atoms with Crippen LogP contribution in [0.25, 0.3) is 22.3 Å². The number of esters is 4. The van der Waals surface area contributed by atoms with Gasteiger partial charge in [0.15, 0.2) is 0 Å². The maximum atomic E-state index is 12.1. The fourth-order valence-corrected chi connectivity index (χ4v) is 30.5. The zero-order valence-electron chi connectivity index (χ0n) is 73.2. The number of carbonyl (C=O) groups is 4. The van der Waals surface area contributed by atoms with E-state index in [1.165, 1.54) is 173 Å². The van der Waals surface area contributed by atoms with Gasteiger partial charge in [0, 0.05) is 50.5 Å². The summed E-state index contributed by atoms with van der Waals surface area (Å²) in [4.78, 5) is 65.9. The molecule has 0 radical (unpaired) electrons. The van der Waals surface area contributed by atoms with Crippen molar-refractivity contribution >= 4 is 46.2 Å². The Morgan fingerprint density at radius 1 is 0.331 bits per heavy atom. The Labute approximate surface area is 703 Å². The minimum Gasteiger partial charge on any atom is -0.495 e. The number of ether oxygens (including phenoxy) is 8. The number of nitrogens with zero attached hydrogens (tertiary/aromatic N) is 4. The molecular weight excluding hydrogens is 1470 g/mol. The van der Waals surface area contributed by atoms with E-state index >= 15 is 0 Å². The third kappa shape index (κ3) is 14.5. The standard InChI is InChI=1S/2C26H35NO3.2C25H33NO3/c1-4-29-19-13-17(14-27-15-19)21-7-8-22-20-6-5-18-16-30-24(28)10-12-25(18,2)23(20)9-11-26(21,22)3;1-4-29-19-13-17(15-27-16-19)21-7-8-22-20-6-5-18-14-24(28)30-12-11-25(18,2)23(20)9-10-26(21,22)3;1-24-11-9-23(27)29-15-17(24)4-5-19-21-7-6-20(25(21,2)10-8-22(19)24)16-12-18(28-3)14-26-13-16;1-24-10-11-29-23(27)13-17(24)4-5-19-21-7-6-20(25(21,2)9-8-22(19)24)16-12-18(28-3)15-26-14-16/h7,13-15,18,20,22-23H,4-6,8-12,16H2,1-3H3;7,13,15-16,18,20,22-23H,4-6,8-12,14H2,1-3H3;6,12-14,17,19,21-22H,4-5,7-11,15H2,1-3H3;6,12,14-15,17,19,21-22H,4-5,7-11,13H2,1-3H3/t2*18-,20-,22-,23-,25-,26+;2*17-,19-,21-,22-,24-,25+/m0000/s1. The number of rotatable bonds is 10. The average molecular weight is 1610 g/mol. The molecular formula is C102H136N4O12. The molecule has 118 heavy (non-hydrogen) atoms. The Morgan fingerprint density at radius 2 is 0.619 bits per heavy atom. The van der Waals surface area contributed by atoms with E-state index in [1.807, 2.05) is 51.0 Å². The fourth-order valence-electron chi connectivity index (χ4n) is 30.5. The van der Waals surface area contributed by atoms with Gasteiger partial charge < -0.3 is 37.9 Å². The summed E-state index contributed by atoms with van der Waals surface area (Å²) >= 11 is 0. The van der Waals surface area contributed by atoms with Crippen LogP contribution in [0.3, 0.4) is 0 Å². The van der Waals surface area contributed by atoms with Crippen LogP contribution in [0.4, 0.5) is 0 Å². The molecule has 16 heteroatoms. The van der Waals surface area contributed by atoms with Gasteiger partial charge in [0.1, 0.15) is 23.0 Å². The average Bonchev–Trinajstić information content (AvgIpc) is 1.51. The molecule has 4 aliphatic heterocycles. The van der Waals surface area contributed by atoms with Crippen LogP contribution in [0.15, 0.2) is 98.1 Å². The number of carbonyl (C=O) groups excluding carboxylic acids is 4. The van der Waals surface area contributed by atoms with E-state index < -0.39 is 0 Å². The molecule has 4 aromatic rings. The van der Waals surface area contributed by atoms with Gasteiger partial charge in [0.25, 0.3) is 0 Å². The molecule has 4 saturated heterocycles. The largest absolute Gasteiger partial charge is 0.495 e. The van der Waals surface area contributed by atoms with E-state index in [0.717, 1.165) is 72.4 Å². The second-order valence-electron chi connectivity index (χ2n) is 41.5. The highest BCUT2D eigenvalue weighted by atomic mass is 16.5. The molecule has 12 fully saturated rings. The lowest BCUT2D eigenvalue weighted by molar-refractivity contribution is -0.145. The lowest BCUT2D eigenvalue weighted by Gasteiger charge is -2.58. The van der Waals surface area contributed by atoms with Crippen molar-refractivity contribution in [1.29, 1.82) is 0 Å². The van der Waals surface area contributed by atoms with Gasteiger partial charge in [-0.1, -0.05) is 79.7 Å². The van der Waals surface area contributed by atoms with E-state index in [0.29, 0.717) is 136 Å². The topological polar surface area (TPSA) is 194 Å². The number of hydrogen-bond acceptors (Lipinski definition) is 16. The zero-order chi connectivity index (χ0) is 82.3. The van der Waals surface area contributed by atoms with Crippen LogP contribution >= 0.6 is 0 Å². The molecule has 0 bridgehead atoms. The molecule has 20 rings (SSSR count). The molecule has 4 aromatic heterocycles. The highest BCUT2D eigenvalue weighted by Gasteiger charge is 2.64. The Bertz CT molecular complexity index is 4350. The summed E-state index contributed by atoms with van der Waals surface area (Å²) in [5.74, 6) is 14.1. The van der Waals surface area contributed by atoms with Crippen molar-refractivity contribution in [2.75, 3.05) is 53.9 Å². The molecule has 16 aliphatic rings. The monoisotopic (exact) mass is 1610 g/mol. The molecule has 12 aliphatic carbocycles. The first-order valence-electron chi connectivity index (χ1n) is 46.4. The highest BCUT2D eigenvalue weighted by Crippen LogP contribution is 2.72. The van der Waals surface area contributed by atoms with Gasteiger partial charge in [-0.3, -0.25) is 39.1 Å². The lowest BCUT2D eigenvalue weighted by atomic mass is 9.46. The number of pyridine rings is 4. The molecule has 0 unspecified atom stereocenters. The van der Waals surface area contributed by atoms with Crippen molar-refractivity contribution in [3.8, 4) is 23.0 Å². The van der Waals surface area contributed by atoms with Crippen molar-refractivity contribution in [3.63, 3.8) is 0 Å². The van der Waals surface area contributed by atoms with Crippen LogP contribution < -0.4 is 18.9 Å². The number of allylic oxidation sites excluding steroid dienone is 8. The number of methoxy groups -OCH3 is 2. The van der Waals surface area contributed by atoms with Crippen LogP contribution in [-0.4, -0.2) is 97.7 Å². The van der Waals surface area contributed by atoms with E-state index in [1.54, 1.807) is 26.6 Å². The van der Waals surface area contributed by atoms with E-state index in [9.17, 15) is 19.2 Å². The van der Waals surface area contributed by atoms with Crippen molar-refractivity contribution in [2.45, 2.75) is 249 Å². The van der Waals surface area contributed by atoms with Gasteiger partial charge in [-0.15, -0.1) is 0 Å². The van der Waals surface area contributed by atoms with Crippen molar-refractivity contribution < 1.29 is 57.1 Å². The van der Waals surface area contributed by atoms with Gasteiger partial charge in [-0.05, 0) is 375 Å². The first kappa shape index (κ1) is 82.9. The molecule has 0 spiro atoms. The third-order valence-corrected chi connectivity index (χ3v) is 37.0. The second-order valence-corrected chi connectivity index (χ2v) is 41.5. The molecule has 0 N–H and O–H groups in total. The number of fused-ring (bicyclic) bond motifs is 20. The summed E-state index contributed by atoms with van der Waals surface area (Å²) in [5, 5.41) is 0. The van der Waals surface area contributed by atoms with Crippen LogP contribution in [0.1, 0.15) is 271 Å². The predicted molar refractivity (Wildman–Crippen MR) is 458 cm³/mol. The minimum absolute atomic E-state index is 0.00756. The number of cyclic esters (lactones) is 4. The molecule has 16 nitrogen and oxygen atoms in total. The van der Waals surface area contributed by atoms with E-state index in [2.05, 4.69) is 124 Å². The summed E-state index contributed by atoms with van der Waals surface area (Å²) in [5.41, 5.74) is 12.7.